The number of methoxy groups -OCH3 is 1. The van der Waals surface area contributed by atoms with Gasteiger partial charge in [0.15, 0.2) is 5.69 Å². The van der Waals surface area contributed by atoms with E-state index in [9.17, 15) is 0 Å². The monoisotopic (exact) mass is 338 g/mol. The highest BCUT2D eigenvalue weighted by Gasteiger charge is 2.07. The van der Waals surface area contributed by atoms with Crippen LogP contribution in [0.25, 0.3) is 0 Å². The van der Waals surface area contributed by atoms with Gasteiger partial charge in [-0.2, -0.15) is 5.26 Å². The molecule has 5 heteroatoms. The van der Waals surface area contributed by atoms with Gasteiger partial charge in [-0.3, -0.25) is 0 Å². The molecule has 0 aliphatic heterocycles. The summed E-state index contributed by atoms with van der Waals surface area (Å²) in [4.78, 5) is 3.94. The van der Waals surface area contributed by atoms with Gasteiger partial charge in [0.05, 0.1) is 11.6 Å². The van der Waals surface area contributed by atoms with Crippen molar-refractivity contribution in [2.45, 2.75) is 0 Å². The lowest BCUT2D eigenvalue weighted by Crippen LogP contribution is -1.93. The Bertz CT molecular complexity index is 348. The maximum atomic E-state index is 8.66. The maximum absolute atomic E-state index is 8.66. The van der Waals surface area contributed by atoms with Gasteiger partial charge in [0.1, 0.15) is 6.07 Å². The van der Waals surface area contributed by atoms with Crippen molar-refractivity contribution >= 4 is 38.5 Å². The van der Waals surface area contributed by atoms with E-state index in [-0.39, 0.29) is 0 Å². The van der Waals surface area contributed by atoms with Crippen molar-refractivity contribution in [3.05, 3.63) is 19.8 Å². The Balaban J connectivity index is 3.31. The minimum absolute atomic E-state index is 0.346. The second-order valence-corrected chi connectivity index (χ2v) is 3.88. The molecule has 0 fully saturated rings. The van der Waals surface area contributed by atoms with Crippen LogP contribution in [0.15, 0.2) is 10.5 Å². The standard InChI is InChI=1S/C7H4BrIN2O/c1-12-6-2-4(9)7(8)5(3-10)11-6/h2H,1H3. The molecule has 0 bridgehead atoms. The smallest absolute Gasteiger partial charge is 0.215 e. The number of rotatable bonds is 1. The Morgan fingerprint density at radius 1 is 1.75 bits per heavy atom. The van der Waals surface area contributed by atoms with Gasteiger partial charge < -0.3 is 4.74 Å². The summed E-state index contributed by atoms with van der Waals surface area (Å²) in [7, 11) is 1.52. The fourth-order valence-corrected chi connectivity index (χ4v) is 1.47. The molecule has 1 rings (SSSR count). The van der Waals surface area contributed by atoms with Crippen molar-refractivity contribution in [2.24, 2.45) is 0 Å². The first-order chi connectivity index (χ1) is 5.69. The van der Waals surface area contributed by atoms with Crippen LogP contribution in [0.4, 0.5) is 0 Å². The van der Waals surface area contributed by atoms with Crippen LogP contribution in [-0.2, 0) is 0 Å². The lowest BCUT2D eigenvalue weighted by atomic mass is 10.4. The minimum atomic E-state index is 0.346. The molecule has 1 aromatic heterocycles. The zero-order valence-electron chi connectivity index (χ0n) is 6.14. The third-order valence-electron chi connectivity index (χ3n) is 1.20. The van der Waals surface area contributed by atoms with Crippen LogP contribution in [0, 0.1) is 14.9 Å². The topological polar surface area (TPSA) is 45.9 Å². The Hall–Kier alpha value is -0.350. The predicted molar refractivity (Wildman–Crippen MR) is 55.9 cm³/mol. The van der Waals surface area contributed by atoms with E-state index in [0.717, 1.165) is 3.57 Å². The molecule has 0 N–H and O–H groups in total. The summed E-state index contributed by atoms with van der Waals surface area (Å²) in [5.74, 6) is 0.458. The Kier molecular flexibility index (Phi) is 3.29. The molecule has 0 radical (unpaired) electrons. The number of hydrogen-bond acceptors (Lipinski definition) is 3. The van der Waals surface area contributed by atoms with Crippen LogP contribution in [0.5, 0.6) is 5.88 Å². The molecule has 12 heavy (non-hydrogen) atoms. The lowest BCUT2D eigenvalue weighted by molar-refractivity contribution is 0.397. The molecule has 0 saturated heterocycles. The molecule has 0 aliphatic carbocycles. The van der Waals surface area contributed by atoms with E-state index in [1.807, 2.05) is 6.07 Å². The number of halogens is 2. The van der Waals surface area contributed by atoms with Gasteiger partial charge in [-0.25, -0.2) is 4.98 Å². The predicted octanol–water partition coefficient (Wildman–Crippen LogP) is 2.33. The summed E-state index contributed by atoms with van der Waals surface area (Å²) in [6.45, 7) is 0. The van der Waals surface area contributed by atoms with Gasteiger partial charge in [-0.1, -0.05) is 0 Å². The van der Waals surface area contributed by atoms with E-state index >= 15 is 0 Å². The number of nitrogens with zero attached hydrogens (tertiary/aromatic N) is 2. The Labute approximate surface area is 92.0 Å². The van der Waals surface area contributed by atoms with Gasteiger partial charge in [0, 0.05) is 9.64 Å². The van der Waals surface area contributed by atoms with Crippen molar-refractivity contribution in [3.63, 3.8) is 0 Å². The average molecular weight is 339 g/mol. The van der Waals surface area contributed by atoms with Crippen molar-refractivity contribution in [1.82, 2.24) is 4.98 Å². The highest BCUT2D eigenvalue weighted by atomic mass is 127. The van der Waals surface area contributed by atoms with Crippen molar-refractivity contribution in [2.75, 3.05) is 7.11 Å². The zero-order chi connectivity index (χ0) is 9.14. The second kappa shape index (κ2) is 4.05. The van der Waals surface area contributed by atoms with Crippen LogP contribution in [0.3, 0.4) is 0 Å². The Morgan fingerprint density at radius 2 is 2.42 bits per heavy atom. The molecule has 0 amide bonds. The Morgan fingerprint density at radius 3 is 2.92 bits per heavy atom. The van der Waals surface area contributed by atoms with E-state index in [0.29, 0.717) is 16.0 Å². The number of nitriles is 1. The second-order valence-electron chi connectivity index (χ2n) is 1.92. The fraction of sp³-hybridized carbons (Fsp3) is 0.143. The SMILES string of the molecule is COc1cc(I)c(Br)c(C#N)n1. The molecule has 0 saturated carbocycles. The molecule has 0 aromatic carbocycles. The summed E-state index contributed by atoms with van der Waals surface area (Å²) >= 11 is 5.36. The molecule has 0 unspecified atom stereocenters. The number of pyridine rings is 1. The average Bonchev–Trinajstić information content (AvgIpc) is 2.09. The number of ether oxygens (including phenoxy) is 1. The summed E-state index contributed by atoms with van der Waals surface area (Å²) in [6.07, 6.45) is 0. The molecular weight excluding hydrogens is 335 g/mol. The van der Waals surface area contributed by atoms with Gasteiger partial charge in [0.2, 0.25) is 5.88 Å². The quantitative estimate of drug-likeness (QED) is 0.738. The van der Waals surface area contributed by atoms with E-state index < -0.39 is 0 Å². The lowest BCUT2D eigenvalue weighted by Gasteiger charge is -2.01. The third kappa shape index (κ3) is 1.87. The summed E-state index contributed by atoms with van der Waals surface area (Å²) in [6, 6.07) is 3.72. The molecule has 3 nitrogen and oxygen atoms in total. The van der Waals surface area contributed by atoms with Gasteiger partial charge in [0.25, 0.3) is 0 Å². The van der Waals surface area contributed by atoms with Gasteiger partial charge >= 0.3 is 0 Å². The molecular formula is C7H4BrIN2O. The van der Waals surface area contributed by atoms with Crippen LogP contribution in [0.1, 0.15) is 5.69 Å². The first kappa shape index (κ1) is 9.74. The first-order valence-electron chi connectivity index (χ1n) is 2.99. The van der Waals surface area contributed by atoms with Crippen LogP contribution < -0.4 is 4.74 Å². The van der Waals surface area contributed by atoms with Crippen LogP contribution >= 0.6 is 38.5 Å². The third-order valence-corrected chi connectivity index (χ3v) is 3.60. The molecule has 0 atom stereocenters. The molecule has 0 spiro atoms. The van der Waals surface area contributed by atoms with E-state index in [1.165, 1.54) is 7.11 Å². The normalized spacial score (nSPS) is 9.17. The molecule has 62 valence electrons. The van der Waals surface area contributed by atoms with E-state index in [4.69, 9.17) is 10.00 Å². The van der Waals surface area contributed by atoms with Gasteiger partial charge in [-0.05, 0) is 38.5 Å². The highest BCUT2D eigenvalue weighted by Crippen LogP contribution is 2.24. The summed E-state index contributed by atoms with van der Waals surface area (Å²) in [5, 5.41) is 8.66. The highest BCUT2D eigenvalue weighted by molar-refractivity contribution is 14.1. The van der Waals surface area contributed by atoms with Crippen LogP contribution in [-0.4, -0.2) is 12.1 Å². The van der Waals surface area contributed by atoms with E-state index in [1.54, 1.807) is 6.07 Å². The van der Waals surface area contributed by atoms with Gasteiger partial charge in [-0.15, -0.1) is 0 Å². The number of aromatic nitrogens is 1. The van der Waals surface area contributed by atoms with Crippen molar-refractivity contribution < 1.29 is 4.74 Å². The zero-order valence-corrected chi connectivity index (χ0v) is 9.88. The fourth-order valence-electron chi connectivity index (χ4n) is 0.655. The molecule has 1 aromatic rings. The number of hydrogen-bond donors (Lipinski definition) is 0. The maximum Gasteiger partial charge on any atom is 0.215 e. The summed E-state index contributed by atoms with van der Waals surface area (Å²) < 4.78 is 6.53. The van der Waals surface area contributed by atoms with E-state index in [2.05, 4.69) is 43.5 Å². The first-order valence-corrected chi connectivity index (χ1v) is 4.86. The minimum Gasteiger partial charge on any atom is -0.481 e. The van der Waals surface area contributed by atoms with Crippen molar-refractivity contribution in [3.8, 4) is 11.9 Å². The molecule has 0 aliphatic rings. The largest absolute Gasteiger partial charge is 0.481 e. The van der Waals surface area contributed by atoms with Crippen molar-refractivity contribution in [1.29, 1.82) is 5.26 Å². The van der Waals surface area contributed by atoms with Crippen LogP contribution in [0.2, 0.25) is 0 Å². The molecule has 1 heterocycles. The summed E-state index contributed by atoms with van der Waals surface area (Å²) in [5.41, 5.74) is 0.346.